The maximum absolute atomic E-state index is 12.9. The van der Waals surface area contributed by atoms with E-state index in [1.807, 2.05) is 0 Å². The van der Waals surface area contributed by atoms with Gasteiger partial charge in [0.1, 0.15) is 4.21 Å². The molecule has 0 fully saturated rings. The zero-order valence-electron chi connectivity index (χ0n) is 17.5. The van der Waals surface area contributed by atoms with Crippen molar-refractivity contribution in [1.29, 1.82) is 0 Å². The Balaban J connectivity index is 1.90. The van der Waals surface area contributed by atoms with Crippen LogP contribution in [0.4, 0.5) is 11.4 Å². The number of carboxylic acids is 1. The van der Waals surface area contributed by atoms with Gasteiger partial charge in [0.15, 0.2) is 5.96 Å². The highest BCUT2D eigenvalue weighted by Crippen LogP contribution is 2.26. The first-order chi connectivity index (χ1) is 16.0. The van der Waals surface area contributed by atoms with E-state index in [1.54, 1.807) is 11.4 Å². The summed E-state index contributed by atoms with van der Waals surface area (Å²) in [4.78, 5) is 15.1. The fourth-order valence-corrected chi connectivity index (χ4v) is 6.29. The van der Waals surface area contributed by atoms with Gasteiger partial charge >= 0.3 is 5.97 Å². The van der Waals surface area contributed by atoms with Gasteiger partial charge in [0.2, 0.25) is 0 Å². The van der Waals surface area contributed by atoms with Gasteiger partial charge in [0.25, 0.3) is 20.0 Å². The highest BCUT2D eigenvalue weighted by Gasteiger charge is 2.25. The summed E-state index contributed by atoms with van der Waals surface area (Å²) in [6, 6.07) is 13.2. The molecule has 1 aromatic heterocycles. The molecule has 14 heteroatoms. The molecular weight excluding hydrogens is 502 g/mol. The van der Waals surface area contributed by atoms with Crippen LogP contribution in [-0.2, 0) is 24.8 Å². The highest BCUT2D eigenvalue weighted by molar-refractivity contribution is 7.92. The van der Waals surface area contributed by atoms with Gasteiger partial charge in [0.05, 0.1) is 23.0 Å². The van der Waals surface area contributed by atoms with Crippen molar-refractivity contribution in [2.45, 2.75) is 21.6 Å². The number of thiophene rings is 1. The van der Waals surface area contributed by atoms with Crippen LogP contribution in [-0.4, -0.2) is 33.9 Å². The third-order valence-corrected chi connectivity index (χ3v) is 8.61. The summed E-state index contributed by atoms with van der Waals surface area (Å²) in [5, 5.41) is 10.9. The second kappa shape index (κ2) is 10.2. The Hall–Kier alpha value is -3.46. The molecule has 0 amide bonds. The number of carbonyl (C=O) groups is 1. The average Bonchev–Trinajstić information content (AvgIpc) is 3.28. The van der Waals surface area contributed by atoms with Gasteiger partial charge in [-0.15, -0.1) is 11.3 Å². The largest absolute Gasteiger partial charge is 0.481 e. The number of rotatable bonds is 10. The molecule has 0 radical (unpaired) electrons. The molecule has 3 rings (SSSR count). The standard InChI is InChI=1S/C20H21N5O6S3/c21-20(22)23-14-5-2-7-16(11-14)33(28,29)24-15-6-1-4-13(10-15)17(12-18(26)27)25-34(30,31)19-8-3-9-32-19/h1-11,17,24-25H,12H2,(H,26,27)(H4,21,22,23). The van der Waals surface area contributed by atoms with Crippen molar-refractivity contribution in [3.8, 4) is 0 Å². The van der Waals surface area contributed by atoms with Gasteiger partial charge in [-0.1, -0.05) is 24.3 Å². The van der Waals surface area contributed by atoms with Crippen LogP contribution in [0.1, 0.15) is 18.0 Å². The van der Waals surface area contributed by atoms with Crippen LogP contribution in [0, 0.1) is 0 Å². The quantitative estimate of drug-likeness (QED) is 0.196. The highest BCUT2D eigenvalue weighted by atomic mass is 32.2. The minimum Gasteiger partial charge on any atom is -0.481 e. The lowest BCUT2D eigenvalue weighted by atomic mass is 10.0. The summed E-state index contributed by atoms with van der Waals surface area (Å²) in [7, 11) is -8.04. The molecule has 0 aliphatic rings. The fourth-order valence-electron chi connectivity index (χ4n) is 2.97. The van der Waals surface area contributed by atoms with E-state index >= 15 is 0 Å². The molecule has 0 saturated heterocycles. The number of hydrogen-bond donors (Lipinski definition) is 5. The molecule has 0 aliphatic heterocycles. The number of aliphatic imine (C=N–C) groups is 1. The molecule has 0 aliphatic carbocycles. The molecule has 1 unspecified atom stereocenters. The monoisotopic (exact) mass is 523 g/mol. The molecule has 0 bridgehead atoms. The molecule has 34 heavy (non-hydrogen) atoms. The van der Waals surface area contributed by atoms with Gasteiger partial charge < -0.3 is 16.6 Å². The van der Waals surface area contributed by atoms with Gasteiger partial charge in [0, 0.05) is 5.69 Å². The van der Waals surface area contributed by atoms with Crippen molar-refractivity contribution in [1.82, 2.24) is 4.72 Å². The lowest BCUT2D eigenvalue weighted by molar-refractivity contribution is -0.137. The predicted molar refractivity (Wildman–Crippen MR) is 129 cm³/mol. The smallest absolute Gasteiger partial charge is 0.305 e. The molecule has 1 atom stereocenters. The predicted octanol–water partition coefficient (Wildman–Crippen LogP) is 1.95. The molecule has 7 N–H and O–H groups in total. The second-order valence-corrected chi connectivity index (χ2v) is 11.5. The number of guanidine groups is 1. The Bertz CT molecular complexity index is 1420. The van der Waals surface area contributed by atoms with Crippen LogP contribution < -0.4 is 20.9 Å². The maximum Gasteiger partial charge on any atom is 0.305 e. The number of nitrogens with one attached hydrogen (secondary N) is 2. The number of nitrogens with two attached hydrogens (primary N) is 2. The van der Waals surface area contributed by atoms with Crippen molar-refractivity contribution in [3.63, 3.8) is 0 Å². The van der Waals surface area contributed by atoms with Crippen molar-refractivity contribution < 1.29 is 26.7 Å². The van der Waals surface area contributed by atoms with E-state index in [9.17, 15) is 26.7 Å². The SMILES string of the molecule is NC(N)=Nc1cccc(S(=O)(=O)Nc2cccc(C(CC(=O)O)NS(=O)(=O)c3cccs3)c2)c1. The van der Waals surface area contributed by atoms with Crippen LogP contribution in [0.2, 0.25) is 0 Å². The normalized spacial score (nSPS) is 12.6. The summed E-state index contributed by atoms with van der Waals surface area (Å²) < 4.78 is 55.8. The zero-order valence-corrected chi connectivity index (χ0v) is 19.9. The molecule has 3 aromatic rings. The third-order valence-electron chi connectivity index (χ3n) is 4.36. The van der Waals surface area contributed by atoms with Gasteiger partial charge in [-0.3, -0.25) is 9.52 Å². The Morgan fingerprint density at radius 3 is 2.38 bits per heavy atom. The third kappa shape index (κ3) is 6.54. The van der Waals surface area contributed by atoms with Gasteiger partial charge in [-0.25, -0.2) is 26.6 Å². The number of hydrogen-bond acceptors (Lipinski definition) is 7. The van der Waals surface area contributed by atoms with E-state index in [2.05, 4.69) is 14.4 Å². The lowest BCUT2D eigenvalue weighted by Crippen LogP contribution is -2.30. The number of nitrogens with zero attached hydrogens (tertiary/aromatic N) is 1. The second-order valence-electron chi connectivity index (χ2n) is 6.97. The Labute approximate surface area is 200 Å². The number of sulfonamides is 2. The van der Waals surface area contributed by atoms with E-state index in [4.69, 9.17) is 11.5 Å². The fraction of sp³-hybridized carbons (Fsp3) is 0.100. The molecule has 11 nitrogen and oxygen atoms in total. The van der Waals surface area contributed by atoms with Crippen LogP contribution >= 0.6 is 11.3 Å². The Morgan fingerprint density at radius 1 is 1.00 bits per heavy atom. The summed E-state index contributed by atoms with van der Waals surface area (Å²) in [6.45, 7) is 0. The molecule has 1 heterocycles. The van der Waals surface area contributed by atoms with Crippen LogP contribution in [0.5, 0.6) is 0 Å². The van der Waals surface area contributed by atoms with E-state index in [1.165, 1.54) is 54.6 Å². The minimum atomic E-state index is -4.06. The van der Waals surface area contributed by atoms with E-state index in [0.717, 1.165) is 11.3 Å². The van der Waals surface area contributed by atoms with Crippen LogP contribution in [0.25, 0.3) is 0 Å². The Kier molecular flexibility index (Phi) is 7.56. The van der Waals surface area contributed by atoms with Crippen molar-refractivity contribution in [2.75, 3.05) is 4.72 Å². The van der Waals surface area contributed by atoms with Gasteiger partial charge in [-0.2, -0.15) is 0 Å². The Morgan fingerprint density at radius 2 is 1.74 bits per heavy atom. The molecule has 0 saturated carbocycles. The van der Waals surface area contributed by atoms with Crippen LogP contribution in [0.15, 0.2) is 80.1 Å². The van der Waals surface area contributed by atoms with E-state index in [0.29, 0.717) is 0 Å². The molecule has 2 aromatic carbocycles. The summed E-state index contributed by atoms with van der Waals surface area (Å²) in [5.41, 5.74) is 11.3. The van der Waals surface area contributed by atoms with Crippen LogP contribution in [0.3, 0.4) is 0 Å². The number of benzene rings is 2. The maximum atomic E-state index is 12.9. The van der Waals surface area contributed by atoms with E-state index in [-0.39, 0.29) is 32.0 Å². The minimum absolute atomic E-state index is 0.0282. The lowest BCUT2D eigenvalue weighted by Gasteiger charge is -2.18. The molecular formula is C20H21N5O6S3. The van der Waals surface area contributed by atoms with Gasteiger partial charge in [-0.05, 0) is 47.3 Å². The number of aliphatic carboxylic acids is 1. The molecule has 0 spiro atoms. The first-order valence-electron chi connectivity index (χ1n) is 9.56. The number of anilines is 1. The first kappa shape index (κ1) is 25.2. The summed E-state index contributed by atoms with van der Waals surface area (Å²) in [5.74, 6) is -1.47. The van der Waals surface area contributed by atoms with Crippen molar-refractivity contribution in [3.05, 3.63) is 71.6 Å². The zero-order chi connectivity index (χ0) is 24.9. The summed E-state index contributed by atoms with van der Waals surface area (Å²) >= 11 is 0.985. The number of carboxylic acid groups (broad SMARTS) is 1. The first-order valence-corrected chi connectivity index (χ1v) is 13.4. The molecule has 180 valence electrons. The van der Waals surface area contributed by atoms with Crippen molar-refractivity contribution >= 4 is 54.7 Å². The summed E-state index contributed by atoms with van der Waals surface area (Å²) in [6.07, 6.45) is -0.554. The van der Waals surface area contributed by atoms with Crippen molar-refractivity contribution in [2.24, 2.45) is 16.5 Å². The topological polar surface area (TPSA) is 194 Å². The van der Waals surface area contributed by atoms with E-state index < -0.39 is 38.5 Å². The average molecular weight is 524 g/mol.